The van der Waals surface area contributed by atoms with Crippen molar-refractivity contribution in [3.05, 3.63) is 28.8 Å². The van der Waals surface area contributed by atoms with Crippen LogP contribution < -0.4 is 15.0 Å². The van der Waals surface area contributed by atoms with Crippen molar-refractivity contribution in [2.24, 2.45) is 0 Å². The third-order valence-electron chi connectivity index (χ3n) is 5.18. The molecule has 1 aromatic carbocycles. The first-order chi connectivity index (χ1) is 14.4. The maximum Gasteiger partial charge on any atom is 0.306 e. The fourth-order valence-corrected chi connectivity index (χ4v) is 3.54. The quantitative estimate of drug-likeness (QED) is 0.603. The van der Waals surface area contributed by atoms with Crippen LogP contribution in [-0.2, 0) is 20.9 Å². The Balaban J connectivity index is 1.58. The average Bonchev–Trinajstić information content (AvgIpc) is 3.28. The Morgan fingerprint density at radius 1 is 1.13 bits per heavy atom. The summed E-state index contributed by atoms with van der Waals surface area (Å²) in [6, 6.07) is 3.25. The molecule has 1 aliphatic heterocycles. The highest BCUT2D eigenvalue weighted by molar-refractivity contribution is 5.83. The maximum absolute atomic E-state index is 12.7. The molecule has 3 rings (SSSR count). The number of likely N-dealkylation sites (tertiary alicyclic amines) is 1. The van der Waals surface area contributed by atoms with Crippen LogP contribution >= 0.6 is 0 Å². The van der Waals surface area contributed by atoms with E-state index in [1.165, 1.54) is 25.1 Å². The van der Waals surface area contributed by atoms with E-state index in [9.17, 15) is 14.4 Å². The third kappa shape index (κ3) is 4.72. The van der Waals surface area contributed by atoms with Crippen LogP contribution in [-0.4, -0.2) is 59.7 Å². The minimum absolute atomic E-state index is 0.105. The van der Waals surface area contributed by atoms with Crippen molar-refractivity contribution in [2.45, 2.75) is 45.3 Å². The maximum atomic E-state index is 12.7. The number of methoxy groups -OCH3 is 2. The van der Waals surface area contributed by atoms with E-state index in [0.29, 0.717) is 35.4 Å². The lowest BCUT2D eigenvalue weighted by molar-refractivity contribution is -0.158. The SMILES string of the molecule is COc1cc2ncn(CCCC(=O)OC(C)C(=O)N3CCCC3)c(=O)c2cc1OC. The Bertz CT molecular complexity index is 981. The molecular formula is C21H27N3O6. The smallest absolute Gasteiger partial charge is 0.306 e. The van der Waals surface area contributed by atoms with Crippen LogP contribution in [0.5, 0.6) is 11.5 Å². The Morgan fingerprint density at radius 2 is 1.80 bits per heavy atom. The summed E-state index contributed by atoms with van der Waals surface area (Å²) in [5.74, 6) is 0.334. The number of aryl methyl sites for hydroxylation is 1. The van der Waals surface area contributed by atoms with Gasteiger partial charge in [-0.05, 0) is 32.3 Å². The third-order valence-corrected chi connectivity index (χ3v) is 5.18. The fraction of sp³-hybridized carbons (Fsp3) is 0.524. The van der Waals surface area contributed by atoms with Crippen molar-refractivity contribution in [1.82, 2.24) is 14.5 Å². The van der Waals surface area contributed by atoms with Crippen LogP contribution in [0.4, 0.5) is 0 Å². The Labute approximate surface area is 174 Å². The lowest BCUT2D eigenvalue weighted by Crippen LogP contribution is -2.38. The van der Waals surface area contributed by atoms with E-state index < -0.39 is 12.1 Å². The highest BCUT2D eigenvalue weighted by Gasteiger charge is 2.25. The molecule has 30 heavy (non-hydrogen) atoms. The second-order valence-electron chi connectivity index (χ2n) is 7.24. The number of carbonyl (C=O) groups excluding carboxylic acids is 2. The zero-order valence-electron chi connectivity index (χ0n) is 17.6. The first-order valence-electron chi connectivity index (χ1n) is 10.0. The number of benzene rings is 1. The molecule has 1 fully saturated rings. The van der Waals surface area contributed by atoms with Crippen LogP contribution in [0.15, 0.2) is 23.3 Å². The number of amides is 1. The van der Waals surface area contributed by atoms with E-state index in [2.05, 4.69) is 4.98 Å². The zero-order valence-corrected chi connectivity index (χ0v) is 17.6. The molecule has 0 bridgehead atoms. The lowest BCUT2D eigenvalue weighted by atomic mass is 10.2. The summed E-state index contributed by atoms with van der Waals surface area (Å²) in [5.41, 5.74) is 0.273. The largest absolute Gasteiger partial charge is 0.493 e. The van der Waals surface area contributed by atoms with Gasteiger partial charge in [-0.1, -0.05) is 0 Å². The number of fused-ring (bicyclic) bond motifs is 1. The molecule has 2 aromatic rings. The fourth-order valence-electron chi connectivity index (χ4n) is 3.54. The summed E-state index contributed by atoms with van der Waals surface area (Å²) < 4.78 is 17.2. The van der Waals surface area contributed by atoms with Crippen LogP contribution in [0.2, 0.25) is 0 Å². The molecule has 162 valence electrons. The van der Waals surface area contributed by atoms with Gasteiger partial charge in [-0.3, -0.25) is 19.0 Å². The normalized spacial score (nSPS) is 14.6. The van der Waals surface area contributed by atoms with Crippen molar-refractivity contribution in [2.75, 3.05) is 27.3 Å². The van der Waals surface area contributed by atoms with Crippen LogP contribution in [0.25, 0.3) is 10.9 Å². The molecule has 0 N–H and O–H groups in total. The topological polar surface area (TPSA) is 100.0 Å². The van der Waals surface area contributed by atoms with Gasteiger partial charge >= 0.3 is 5.97 Å². The van der Waals surface area contributed by atoms with Crippen LogP contribution in [0.3, 0.4) is 0 Å². The number of hydrogen-bond donors (Lipinski definition) is 0. The van der Waals surface area contributed by atoms with Gasteiger partial charge in [-0.15, -0.1) is 0 Å². The highest BCUT2D eigenvalue weighted by Crippen LogP contribution is 2.29. The van der Waals surface area contributed by atoms with Gasteiger partial charge < -0.3 is 19.1 Å². The van der Waals surface area contributed by atoms with Gasteiger partial charge in [0.2, 0.25) is 0 Å². The molecule has 1 atom stereocenters. The van der Waals surface area contributed by atoms with Crippen molar-refractivity contribution >= 4 is 22.8 Å². The first kappa shape index (κ1) is 21.6. The monoisotopic (exact) mass is 417 g/mol. The van der Waals surface area contributed by atoms with Crippen molar-refractivity contribution in [1.29, 1.82) is 0 Å². The summed E-state index contributed by atoms with van der Waals surface area (Å²) in [4.78, 5) is 43.1. The Morgan fingerprint density at radius 3 is 2.47 bits per heavy atom. The van der Waals surface area contributed by atoms with Gasteiger partial charge in [0, 0.05) is 32.1 Å². The molecule has 1 unspecified atom stereocenters. The second-order valence-corrected chi connectivity index (χ2v) is 7.24. The minimum Gasteiger partial charge on any atom is -0.493 e. The summed E-state index contributed by atoms with van der Waals surface area (Å²) in [6.45, 7) is 3.34. The summed E-state index contributed by atoms with van der Waals surface area (Å²) >= 11 is 0. The number of aromatic nitrogens is 2. The summed E-state index contributed by atoms with van der Waals surface area (Å²) in [5, 5.41) is 0.405. The molecule has 1 aliphatic rings. The van der Waals surface area contributed by atoms with Gasteiger partial charge in [0.25, 0.3) is 11.5 Å². The number of carbonyl (C=O) groups is 2. The van der Waals surface area contributed by atoms with Crippen LogP contribution in [0.1, 0.15) is 32.6 Å². The molecule has 0 spiro atoms. The second kappa shape index (κ2) is 9.60. The standard InChI is InChI=1S/C21H27N3O6/c1-14(20(26)23-8-4-5-9-23)30-19(25)7-6-10-24-13-22-16-12-18(29-3)17(28-2)11-15(16)21(24)27/h11-14H,4-10H2,1-3H3. The molecule has 1 saturated heterocycles. The van der Waals surface area contributed by atoms with Crippen molar-refractivity contribution in [3.8, 4) is 11.5 Å². The predicted octanol–water partition coefficient (Wildman–Crippen LogP) is 1.75. The van der Waals surface area contributed by atoms with Crippen molar-refractivity contribution < 1.29 is 23.8 Å². The number of hydrogen-bond acceptors (Lipinski definition) is 7. The molecule has 0 aliphatic carbocycles. The number of esters is 1. The van der Waals surface area contributed by atoms with E-state index in [1.807, 2.05) is 0 Å². The molecule has 0 radical (unpaired) electrons. The van der Waals surface area contributed by atoms with E-state index in [4.69, 9.17) is 14.2 Å². The number of rotatable bonds is 8. The van der Waals surface area contributed by atoms with E-state index in [0.717, 1.165) is 25.9 Å². The van der Waals surface area contributed by atoms with Gasteiger partial charge in [-0.25, -0.2) is 4.98 Å². The number of nitrogens with zero attached hydrogens (tertiary/aromatic N) is 3. The highest BCUT2D eigenvalue weighted by atomic mass is 16.5. The molecule has 0 saturated carbocycles. The first-order valence-corrected chi connectivity index (χ1v) is 10.0. The molecular weight excluding hydrogens is 390 g/mol. The Hall–Kier alpha value is -3.10. The minimum atomic E-state index is -0.789. The zero-order chi connectivity index (χ0) is 21.7. The average molecular weight is 417 g/mol. The van der Waals surface area contributed by atoms with Gasteiger partial charge in [-0.2, -0.15) is 0 Å². The predicted molar refractivity (Wildman–Crippen MR) is 110 cm³/mol. The van der Waals surface area contributed by atoms with Crippen molar-refractivity contribution in [3.63, 3.8) is 0 Å². The number of ether oxygens (including phenoxy) is 3. The van der Waals surface area contributed by atoms with Gasteiger partial charge in [0.15, 0.2) is 17.6 Å². The molecule has 1 amide bonds. The molecule has 9 heteroatoms. The Kier molecular flexibility index (Phi) is 6.91. The summed E-state index contributed by atoms with van der Waals surface area (Å²) in [7, 11) is 3.02. The van der Waals surface area contributed by atoms with E-state index in [-0.39, 0.29) is 17.9 Å². The van der Waals surface area contributed by atoms with Gasteiger partial charge in [0.05, 0.1) is 31.4 Å². The lowest BCUT2D eigenvalue weighted by Gasteiger charge is -2.20. The van der Waals surface area contributed by atoms with E-state index in [1.54, 1.807) is 24.0 Å². The molecule has 1 aromatic heterocycles. The van der Waals surface area contributed by atoms with Crippen LogP contribution in [0, 0.1) is 0 Å². The summed E-state index contributed by atoms with van der Waals surface area (Å²) in [6.07, 6.45) is 3.13. The van der Waals surface area contributed by atoms with Gasteiger partial charge in [0.1, 0.15) is 0 Å². The molecule has 9 nitrogen and oxygen atoms in total. The molecule has 2 heterocycles. The van der Waals surface area contributed by atoms with E-state index >= 15 is 0 Å².